The Kier molecular flexibility index (Phi) is 25.9. The average molecular weight is 524 g/mol. The Hall–Kier alpha value is -1.84. The molecule has 5 N–H and O–H groups in total. The molecule has 1 amide bonds. The van der Waals surface area contributed by atoms with Crippen LogP contribution in [0.4, 0.5) is 0 Å². The third-order valence-electron chi connectivity index (χ3n) is 2.50. The monoisotopic (exact) mass is 522 g/mol. The molecule has 2 aromatic rings. The van der Waals surface area contributed by atoms with Crippen LogP contribution in [0.15, 0.2) is 24.5 Å². The van der Waals surface area contributed by atoms with Gasteiger partial charge in [0.1, 0.15) is 17.3 Å². The van der Waals surface area contributed by atoms with Gasteiger partial charge in [-0.05, 0) is 23.7 Å². The minimum atomic E-state index is -0.508. The molecule has 17 heteroatoms. The Morgan fingerprint density at radius 3 is 1.78 bits per heavy atom. The number of Topliss-reactive ketones (excluding diaryl/α,β-unsaturated/α-hetero) is 2. The van der Waals surface area contributed by atoms with Gasteiger partial charge in [0.15, 0.2) is 11.6 Å². The maximum absolute atomic E-state index is 11.2. The molecule has 172 valence electrons. The summed E-state index contributed by atoms with van der Waals surface area (Å²) in [5, 5.41) is 22.5. The minimum Gasteiger partial charge on any atom is -0.662 e. The molecule has 2 rings (SSSR count). The van der Waals surface area contributed by atoms with E-state index in [1.165, 1.54) is 18.5 Å². The zero-order chi connectivity index (χ0) is 24.1. The second kappa shape index (κ2) is 23.8. The summed E-state index contributed by atoms with van der Waals surface area (Å²) >= 11 is 14.8. The van der Waals surface area contributed by atoms with Gasteiger partial charge in [0.25, 0.3) is 6.47 Å². The zero-order valence-electron chi connectivity index (χ0n) is 16.7. The molecule has 0 atom stereocenters. The normalized spacial score (nSPS) is 8.41. The summed E-state index contributed by atoms with van der Waals surface area (Å²) < 4.78 is 0. The van der Waals surface area contributed by atoms with Crippen molar-refractivity contribution in [3.8, 4) is 0 Å². The maximum atomic E-state index is 11.2. The molecule has 32 heavy (non-hydrogen) atoms. The number of nitrogens with one attached hydrogen (secondary N) is 3. The topological polar surface area (TPSA) is 213 Å². The van der Waals surface area contributed by atoms with Gasteiger partial charge < -0.3 is 21.2 Å². The van der Waals surface area contributed by atoms with Gasteiger partial charge in [-0.15, -0.1) is 23.2 Å². The van der Waals surface area contributed by atoms with E-state index in [1.54, 1.807) is 6.07 Å². The van der Waals surface area contributed by atoms with Gasteiger partial charge in [-0.1, -0.05) is 0 Å². The van der Waals surface area contributed by atoms with Gasteiger partial charge >= 0.3 is 29.6 Å². The summed E-state index contributed by atoms with van der Waals surface area (Å²) in [7, 11) is 0. The average Bonchev–Trinajstić information content (AvgIpc) is 3.52. The van der Waals surface area contributed by atoms with Crippen molar-refractivity contribution in [2.45, 2.75) is 0 Å². The summed E-state index contributed by atoms with van der Waals surface area (Å²) in [6.07, 6.45) is 2.99. The fourth-order valence-electron chi connectivity index (χ4n) is 1.25. The first-order valence-electron chi connectivity index (χ1n) is 7.81. The standard InChI is InChI=1S/C7H8ClN3O2.C5H7N3O.C2H2Cl2O.CH2O3.Na/c8-3-7(13)9-4-6(12)5-1-2-10-11-5;6-3-5(9)4-1-2-7-8-4;3-1-2(4)5;2-1-4-3;/h1-2H,3-4H2,(H,9,13)(H,10,11);1-2H,3,6H2,(H,7,8);1H2;1,3H;/q;;;;+1/p-1. The van der Waals surface area contributed by atoms with Crippen LogP contribution in [0.2, 0.25) is 0 Å². The van der Waals surface area contributed by atoms with Crippen molar-refractivity contribution in [3.63, 3.8) is 0 Å². The Balaban J connectivity index is -0.000000386. The smallest absolute Gasteiger partial charge is 0.662 e. The third kappa shape index (κ3) is 20.1. The van der Waals surface area contributed by atoms with Crippen molar-refractivity contribution < 1.29 is 63.7 Å². The van der Waals surface area contributed by atoms with Gasteiger partial charge in [0, 0.05) is 12.4 Å². The molecule has 0 spiro atoms. The Morgan fingerprint density at radius 1 is 1.06 bits per heavy atom. The number of nitrogens with zero attached hydrogens (tertiary/aromatic N) is 2. The van der Waals surface area contributed by atoms with Crippen LogP contribution in [0.3, 0.4) is 0 Å². The molecule has 0 saturated heterocycles. The van der Waals surface area contributed by atoms with Crippen LogP contribution >= 0.6 is 34.8 Å². The van der Waals surface area contributed by atoms with Crippen LogP contribution < -0.4 is 45.9 Å². The fourth-order valence-corrected chi connectivity index (χ4v) is 1.35. The summed E-state index contributed by atoms with van der Waals surface area (Å²) in [6.45, 7) is -0.212. The summed E-state index contributed by atoms with van der Waals surface area (Å²) in [6, 6.07) is 3.13. The first-order chi connectivity index (χ1) is 14.8. The van der Waals surface area contributed by atoms with Crippen molar-refractivity contribution in [3.05, 3.63) is 35.9 Å². The molecule has 0 fully saturated rings. The Morgan fingerprint density at radius 2 is 1.50 bits per heavy atom. The van der Waals surface area contributed by atoms with E-state index in [0.717, 1.165) is 0 Å². The van der Waals surface area contributed by atoms with Gasteiger partial charge in [0.2, 0.25) is 11.1 Å². The van der Waals surface area contributed by atoms with E-state index in [2.05, 4.69) is 30.6 Å². The van der Waals surface area contributed by atoms with Crippen LogP contribution in [-0.4, -0.2) is 74.4 Å². The van der Waals surface area contributed by atoms with Crippen molar-refractivity contribution in [1.29, 1.82) is 0 Å². The van der Waals surface area contributed by atoms with E-state index in [0.29, 0.717) is 11.4 Å². The molecule has 0 bridgehead atoms. The number of ketones is 2. The first-order valence-corrected chi connectivity index (χ1v) is 9.26. The first kappa shape index (κ1) is 34.8. The minimum absolute atomic E-state index is 0. The number of hydrogen-bond acceptors (Lipinski definition) is 10. The molecule has 0 aliphatic rings. The predicted octanol–water partition coefficient (Wildman–Crippen LogP) is -4.07. The quantitative estimate of drug-likeness (QED) is 0.0499. The van der Waals surface area contributed by atoms with Crippen LogP contribution in [0.25, 0.3) is 0 Å². The number of H-pyrrole nitrogens is 2. The number of halogens is 3. The second-order valence-electron chi connectivity index (χ2n) is 4.58. The molecule has 0 saturated carbocycles. The molecular weight excluding hydrogens is 506 g/mol. The largest absolute Gasteiger partial charge is 1.00 e. The van der Waals surface area contributed by atoms with E-state index < -0.39 is 5.24 Å². The molecule has 0 aliphatic heterocycles. The van der Waals surface area contributed by atoms with E-state index in [4.69, 9.17) is 50.6 Å². The number of alkyl halides is 2. The molecular formula is C15H18Cl3N6NaO7. The van der Waals surface area contributed by atoms with Gasteiger partial charge in [0.05, 0.1) is 19.0 Å². The maximum Gasteiger partial charge on any atom is 1.00 e. The van der Waals surface area contributed by atoms with Crippen LogP contribution in [-0.2, 0) is 19.3 Å². The predicted molar refractivity (Wildman–Crippen MR) is 107 cm³/mol. The summed E-state index contributed by atoms with van der Waals surface area (Å²) in [4.78, 5) is 53.2. The molecule has 0 unspecified atom stereocenters. The van der Waals surface area contributed by atoms with Crippen molar-refractivity contribution >= 4 is 64.0 Å². The number of amides is 1. The Labute approximate surface area is 218 Å². The molecule has 0 aromatic carbocycles. The number of aromatic amines is 2. The van der Waals surface area contributed by atoms with E-state index in [-0.39, 0.29) is 78.4 Å². The zero-order valence-corrected chi connectivity index (χ0v) is 20.9. The van der Waals surface area contributed by atoms with Crippen LogP contribution in [0.5, 0.6) is 0 Å². The molecule has 0 aliphatic carbocycles. The molecule has 0 radical (unpaired) electrons. The van der Waals surface area contributed by atoms with Gasteiger partial charge in [-0.2, -0.15) is 10.2 Å². The molecule has 2 aromatic heterocycles. The second-order valence-corrected chi connectivity index (χ2v) is 5.54. The third-order valence-corrected chi connectivity index (χ3v) is 3.26. The molecule has 13 nitrogen and oxygen atoms in total. The van der Waals surface area contributed by atoms with E-state index in [1.807, 2.05) is 0 Å². The number of carbonyl (C=O) groups is 5. The van der Waals surface area contributed by atoms with E-state index in [9.17, 15) is 19.2 Å². The Bertz CT molecular complexity index is 779. The van der Waals surface area contributed by atoms with Crippen LogP contribution in [0.1, 0.15) is 21.0 Å². The van der Waals surface area contributed by atoms with Crippen molar-refractivity contribution in [2.75, 3.05) is 24.8 Å². The van der Waals surface area contributed by atoms with Gasteiger partial charge in [-0.3, -0.25) is 34.2 Å². The number of rotatable bonds is 8. The summed E-state index contributed by atoms with van der Waals surface area (Å²) in [5.74, 6) is -0.948. The van der Waals surface area contributed by atoms with Crippen molar-refractivity contribution in [1.82, 2.24) is 25.7 Å². The van der Waals surface area contributed by atoms with Crippen LogP contribution in [0, 0.1) is 0 Å². The number of carbonyl (C=O) groups excluding carboxylic acids is 5. The summed E-state index contributed by atoms with van der Waals surface area (Å²) in [5.41, 5.74) is 5.91. The fraction of sp³-hybridized carbons (Fsp3) is 0.267. The number of hydrogen-bond donors (Lipinski definition) is 4. The SMILES string of the molecule is NCC(=O)c1ccn[nH]1.O=C(CCl)NCC(=O)c1ccn[nH]1.O=C(Cl)CCl.O=CO[O-].[Na+]. The van der Waals surface area contributed by atoms with Crippen molar-refractivity contribution in [2.24, 2.45) is 5.73 Å². The number of nitrogens with two attached hydrogens (primary N) is 1. The number of aromatic nitrogens is 4. The molecule has 2 heterocycles. The van der Waals surface area contributed by atoms with E-state index >= 15 is 0 Å². The van der Waals surface area contributed by atoms with Gasteiger partial charge in [-0.25, -0.2) is 0 Å².